The van der Waals surface area contributed by atoms with Crippen LogP contribution < -0.4 is 10.6 Å². The molecule has 0 saturated carbocycles. The molecule has 2 aliphatic rings. The fourth-order valence-corrected chi connectivity index (χ4v) is 2.84. The van der Waals surface area contributed by atoms with E-state index in [1.165, 1.54) is 0 Å². The monoisotopic (exact) mass is 353 g/mol. The number of carbonyl (C=O) groups excluding carboxylic acids is 1. The van der Waals surface area contributed by atoms with Crippen LogP contribution in [-0.2, 0) is 14.3 Å². The van der Waals surface area contributed by atoms with Crippen LogP contribution in [0.2, 0.25) is 0 Å². The summed E-state index contributed by atoms with van der Waals surface area (Å²) in [6.07, 6.45) is -0.811. The number of benzene rings is 2. The maximum atomic E-state index is 12.7. The zero-order valence-electron chi connectivity index (χ0n) is 14.0. The summed E-state index contributed by atoms with van der Waals surface area (Å²) in [5.41, 5.74) is 9.51. The molecule has 2 aliphatic heterocycles. The lowest BCUT2D eigenvalue weighted by atomic mass is 10.0. The lowest BCUT2D eigenvalue weighted by molar-refractivity contribution is -0.123. The molecule has 0 aromatic heterocycles. The molecule has 7 heteroatoms. The van der Waals surface area contributed by atoms with Gasteiger partial charge in [0.1, 0.15) is 0 Å². The maximum absolute atomic E-state index is 12.7. The van der Waals surface area contributed by atoms with Crippen molar-refractivity contribution in [3.63, 3.8) is 0 Å². The normalized spacial score (nSPS) is 20.9. The summed E-state index contributed by atoms with van der Waals surface area (Å²) in [6.45, 7) is 0.953. The molecule has 1 fully saturated rings. The Labute approximate surface area is 150 Å². The molecule has 3 N–H and O–H groups in total. The van der Waals surface area contributed by atoms with Gasteiger partial charge in [0, 0.05) is 11.1 Å². The van der Waals surface area contributed by atoms with Gasteiger partial charge in [-0.05, 0) is 6.07 Å². The van der Waals surface area contributed by atoms with Gasteiger partial charge in [-0.15, -0.1) is 0 Å². The Morgan fingerprint density at radius 3 is 2.46 bits per heavy atom. The number of carbonyl (C=O) groups is 2. The zero-order valence-corrected chi connectivity index (χ0v) is 14.0. The van der Waals surface area contributed by atoms with Gasteiger partial charge in [0.05, 0.1) is 30.7 Å². The predicted octanol–water partition coefficient (Wildman–Crippen LogP) is 1.25. The summed E-state index contributed by atoms with van der Waals surface area (Å²) >= 11 is 0. The minimum Gasteiger partial charge on any atom is -0.483 e. The largest absolute Gasteiger partial charge is 0.483 e. The Hall–Kier alpha value is -3.03. The molecule has 7 nitrogen and oxygen atoms in total. The van der Waals surface area contributed by atoms with Gasteiger partial charge >= 0.3 is 0 Å². The zero-order chi connectivity index (χ0) is 18.5. The number of epoxide rings is 1. The van der Waals surface area contributed by atoms with Crippen LogP contribution in [0.3, 0.4) is 0 Å². The number of nitrogens with zero attached hydrogens (tertiary/aromatic N) is 2. The molecular formula is C19H19N3O4. The molecule has 0 aliphatic carbocycles. The first kappa shape index (κ1) is 17.8. The van der Waals surface area contributed by atoms with E-state index < -0.39 is 6.17 Å². The van der Waals surface area contributed by atoms with Crippen LogP contribution in [0.5, 0.6) is 0 Å². The van der Waals surface area contributed by atoms with Gasteiger partial charge in [0.2, 0.25) is 0 Å². The third kappa shape index (κ3) is 3.79. The van der Waals surface area contributed by atoms with Crippen molar-refractivity contribution in [3.05, 3.63) is 65.7 Å². The fourth-order valence-electron chi connectivity index (χ4n) is 2.84. The van der Waals surface area contributed by atoms with Gasteiger partial charge in [0.25, 0.3) is 12.4 Å². The third-order valence-electron chi connectivity index (χ3n) is 4.07. The number of hydrogen-bond acceptors (Lipinski definition) is 5. The highest BCUT2D eigenvalue weighted by Gasteiger charge is 2.34. The molecule has 4 rings (SSSR count). The lowest BCUT2D eigenvalue weighted by Gasteiger charge is -2.23. The van der Waals surface area contributed by atoms with Gasteiger partial charge in [-0.25, -0.2) is 0 Å². The van der Waals surface area contributed by atoms with E-state index in [2.05, 4.69) is 4.99 Å². The quantitative estimate of drug-likeness (QED) is 0.638. The lowest BCUT2D eigenvalue weighted by Crippen LogP contribution is -2.44. The molecular weight excluding hydrogens is 334 g/mol. The van der Waals surface area contributed by atoms with Crippen molar-refractivity contribution < 1.29 is 19.4 Å². The standard InChI is InChI=1S/C18H17N3O2.CH2O2/c19-17-18(22)21(10-13-11-23-13)15-9-5-4-8-14(15)16(20-17)12-6-2-1-3-7-12;2-1-3/h1-9,13,17H,10-11,19H2;1H,(H,2,3). The second-order valence-corrected chi connectivity index (χ2v) is 5.82. The Balaban J connectivity index is 0.000000613. The highest BCUT2D eigenvalue weighted by atomic mass is 16.6. The number of rotatable bonds is 3. The molecule has 2 heterocycles. The minimum atomic E-state index is -0.906. The summed E-state index contributed by atoms with van der Waals surface area (Å²) in [5, 5.41) is 6.89. The molecule has 2 aromatic rings. The van der Waals surface area contributed by atoms with E-state index in [-0.39, 0.29) is 18.5 Å². The van der Waals surface area contributed by atoms with Crippen molar-refractivity contribution in [2.45, 2.75) is 12.3 Å². The highest BCUT2D eigenvalue weighted by molar-refractivity contribution is 6.20. The van der Waals surface area contributed by atoms with Crippen molar-refractivity contribution in [1.29, 1.82) is 0 Å². The van der Waals surface area contributed by atoms with E-state index in [1.54, 1.807) is 4.90 Å². The number of para-hydroxylation sites is 1. The number of amides is 1. The average Bonchev–Trinajstić information content (AvgIpc) is 3.49. The summed E-state index contributed by atoms with van der Waals surface area (Å²) < 4.78 is 5.29. The number of ether oxygens (including phenoxy) is 1. The number of benzodiazepines with no additional fused rings is 1. The molecule has 2 atom stereocenters. The highest BCUT2D eigenvalue weighted by Crippen LogP contribution is 2.29. The van der Waals surface area contributed by atoms with E-state index >= 15 is 0 Å². The molecule has 134 valence electrons. The van der Waals surface area contributed by atoms with Crippen molar-refractivity contribution in [2.75, 3.05) is 18.1 Å². The predicted molar refractivity (Wildman–Crippen MR) is 97.3 cm³/mol. The number of carboxylic acid groups (broad SMARTS) is 1. The molecule has 2 unspecified atom stereocenters. The van der Waals surface area contributed by atoms with Gasteiger partial charge in [-0.2, -0.15) is 0 Å². The van der Waals surface area contributed by atoms with Crippen molar-refractivity contribution in [3.8, 4) is 0 Å². The first-order valence-electron chi connectivity index (χ1n) is 8.14. The third-order valence-corrected chi connectivity index (χ3v) is 4.07. The fraction of sp³-hybridized carbons (Fsp3) is 0.211. The van der Waals surface area contributed by atoms with Crippen molar-refractivity contribution >= 4 is 23.8 Å². The molecule has 1 amide bonds. The summed E-state index contributed by atoms with van der Waals surface area (Å²) in [7, 11) is 0. The molecule has 2 aromatic carbocycles. The van der Waals surface area contributed by atoms with Crippen LogP contribution in [0.15, 0.2) is 59.6 Å². The average molecular weight is 353 g/mol. The smallest absolute Gasteiger partial charge is 0.290 e. The Kier molecular flexibility index (Phi) is 5.40. The maximum Gasteiger partial charge on any atom is 0.290 e. The number of nitrogens with two attached hydrogens (primary N) is 1. The van der Waals surface area contributed by atoms with E-state index in [9.17, 15) is 4.79 Å². The topological polar surface area (TPSA) is 109 Å². The number of hydrogen-bond donors (Lipinski definition) is 2. The van der Waals surface area contributed by atoms with Crippen molar-refractivity contribution in [1.82, 2.24) is 0 Å². The molecule has 0 spiro atoms. The summed E-state index contributed by atoms with van der Waals surface area (Å²) in [6, 6.07) is 17.6. The van der Waals surface area contributed by atoms with Crippen molar-refractivity contribution in [2.24, 2.45) is 10.7 Å². The molecule has 0 radical (unpaired) electrons. The second kappa shape index (κ2) is 7.90. The van der Waals surface area contributed by atoms with E-state index in [4.69, 9.17) is 20.4 Å². The van der Waals surface area contributed by atoms with Gasteiger partial charge in [-0.3, -0.25) is 14.6 Å². The summed E-state index contributed by atoms with van der Waals surface area (Å²) in [5.74, 6) is -0.195. The second-order valence-electron chi connectivity index (χ2n) is 5.82. The van der Waals surface area contributed by atoms with E-state index in [0.717, 1.165) is 22.5 Å². The molecule has 1 saturated heterocycles. The minimum absolute atomic E-state index is 0.0949. The van der Waals surface area contributed by atoms with E-state index in [1.807, 2.05) is 54.6 Å². The van der Waals surface area contributed by atoms with Crippen LogP contribution >= 0.6 is 0 Å². The van der Waals surface area contributed by atoms with Gasteiger partial charge in [0.15, 0.2) is 6.17 Å². The first-order chi connectivity index (χ1) is 12.7. The Bertz CT molecular complexity index is 819. The van der Waals surface area contributed by atoms with Crippen LogP contribution in [0.4, 0.5) is 5.69 Å². The molecule has 0 bridgehead atoms. The van der Waals surface area contributed by atoms with E-state index in [0.29, 0.717) is 13.2 Å². The van der Waals surface area contributed by atoms with Crippen LogP contribution in [-0.4, -0.2) is 48.6 Å². The number of fused-ring (bicyclic) bond motifs is 1. The van der Waals surface area contributed by atoms with Gasteiger partial charge < -0.3 is 20.5 Å². The van der Waals surface area contributed by atoms with Crippen LogP contribution in [0, 0.1) is 0 Å². The van der Waals surface area contributed by atoms with Crippen LogP contribution in [0.25, 0.3) is 0 Å². The number of anilines is 1. The Morgan fingerprint density at radius 2 is 1.81 bits per heavy atom. The Morgan fingerprint density at radius 1 is 1.19 bits per heavy atom. The SMILES string of the molecule is NC1N=C(c2ccccc2)c2ccccc2N(CC2CO2)C1=O.O=CO. The number of aliphatic imine (C=N–C) groups is 1. The van der Waals surface area contributed by atoms with Crippen LogP contribution in [0.1, 0.15) is 11.1 Å². The van der Waals surface area contributed by atoms with Gasteiger partial charge in [-0.1, -0.05) is 48.5 Å². The first-order valence-corrected chi connectivity index (χ1v) is 8.14. The molecule has 26 heavy (non-hydrogen) atoms. The summed E-state index contributed by atoms with van der Waals surface area (Å²) in [4.78, 5) is 27.3.